The monoisotopic (exact) mass is 756 g/mol. The minimum absolute atomic E-state index is 0. The molecule has 0 atom stereocenters. The summed E-state index contributed by atoms with van der Waals surface area (Å²) in [7, 11) is 0. The Kier molecular flexibility index (Phi) is 18.4. The maximum atomic E-state index is 10.5. The maximum absolute atomic E-state index is 10.5. The molecule has 0 aromatic heterocycles. The molecule has 0 N–H and O–H groups in total. The normalized spacial score (nSPS) is 11.1. The van der Waals surface area contributed by atoms with Crippen LogP contribution in [0.5, 0.6) is 0 Å². The number of hydrogen-bond acceptors (Lipinski definition) is 8. The predicted octanol–water partition coefficient (Wildman–Crippen LogP) is 5.39. The molecule has 4 aromatic carbocycles. The Bertz CT molecular complexity index is 1490. The molecule has 53 heavy (non-hydrogen) atoms. The fourth-order valence-electron chi connectivity index (χ4n) is 4.43. The van der Waals surface area contributed by atoms with Crippen LogP contribution in [0, 0.1) is 0 Å². The summed E-state index contributed by atoms with van der Waals surface area (Å²) in [6.07, 6.45) is 0. The predicted molar refractivity (Wildman–Crippen MR) is 198 cm³/mol. The minimum Gasteiger partial charge on any atom is -0.545 e. The van der Waals surface area contributed by atoms with Gasteiger partial charge in [-0.25, -0.2) is 0 Å². The molecule has 0 heterocycles. The van der Waals surface area contributed by atoms with Gasteiger partial charge < -0.3 is 39.6 Å². The fraction of sp³-hybridized carbons (Fsp3) is 0.364. The van der Waals surface area contributed by atoms with E-state index in [2.05, 4.69) is 83.1 Å². The van der Waals surface area contributed by atoms with Crippen LogP contribution in [0.3, 0.4) is 0 Å². The number of carboxylic acids is 4. The third-order valence-electron chi connectivity index (χ3n) is 7.95. The van der Waals surface area contributed by atoms with Gasteiger partial charge in [0.05, 0.1) is 23.9 Å². The van der Waals surface area contributed by atoms with Crippen molar-refractivity contribution in [1.82, 2.24) is 0 Å². The Balaban J connectivity index is 0.000000676. The molecule has 0 aliphatic rings. The van der Waals surface area contributed by atoms with Crippen LogP contribution in [0.25, 0.3) is 0 Å². The molecule has 0 radical (unpaired) electrons. The van der Waals surface area contributed by atoms with E-state index in [0.717, 1.165) is 22.3 Å². The van der Waals surface area contributed by atoms with Gasteiger partial charge in [0.15, 0.2) is 0 Å². The first kappa shape index (κ1) is 48.5. The van der Waals surface area contributed by atoms with Crippen molar-refractivity contribution >= 4 is 23.9 Å². The van der Waals surface area contributed by atoms with Crippen LogP contribution >= 0.6 is 0 Å². The largest absolute Gasteiger partial charge is 4.00 e. The van der Waals surface area contributed by atoms with Crippen molar-refractivity contribution in [3.8, 4) is 0 Å². The number of benzene rings is 4. The summed E-state index contributed by atoms with van der Waals surface area (Å²) >= 11 is 0. The molecule has 9 heteroatoms. The molecule has 4 rings (SSSR count). The van der Waals surface area contributed by atoms with E-state index < -0.39 is 23.9 Å². The van der Waals surface area contributed by atoms with Gasteiger partial charge >= 0.3 is 21.7 Å². The first-order valence-electron chi connectivity index (χ1n) is 16.9. The molecule has 0 unspecified atom stereocenters. The van der Waals surface area contributed by atoms with Crippen molar-refractivity contribution in [3.05, 3.63) is 142 Å². The van der Waals surface area contributed by atoms with E-state index in [1.165, 1.54) is 0 Å². The van der Waals surface area contributed by atoms with Crippen LogP contribution in [-0.2, 0) is 43.4 Å². The average Bonchev–Trinajstić information content (AvgIpc) is 3.04. The smallest absolute Gasteiger partial charge is 0.545 e. The Hall–Kier alpha value is -4.53. The molecule has 0 aliphatic heterocycles. The quantitative estimate of drug-likeness (QED) is 0.251. The van der Waals surface area contributed by atoms with Gasteiger partial charge in [0.2, 0.25) is 0 Å². The number of hydrogen-bond donors (Lipinski definition) is 0. The second-order valence-corrected chi connectivity index (χ2v) is 16.5. The molecule has 0 spiro atoms. The van der Waals surface area contributed by atoms with E-state index in [1.807, 2.05) is 48.5 Å². The zero-order chi connectivity index (χ0) is 40.2. The molecular formula is C44H52O8Ti. The van der Waals surface area contributed by atoms with Crippen molar-refractivity contribution in [2.75, 3.05) is 0 Å². The molecule has 0 fully saturated rings. The molecule has 280 valence electrons. The zero-order valence-corrected chi connectivity index (χ0v) is 34.6. The first-order chi connectivity index (χ1) is 23.6. The summed E-state index contributed by atoms with van der Waals surface area (Å²) in [6.45, 7) is 25.0. The standard InChI is InChI=1S/4C11H14O2.Ti/c4*1-11(2,3)9-6-4-8(5-7-9)10(12)13;/h4*4-7H,1-3H3,(H,12,13);/q;;;;+4/p-4. The van der Waals surface area contributed by atoms with Gasteiger partial charge in [0, 0.05) is 0 Å². The average molecular weight is 757 g/mol. The van der Waals surface area contributed by atoms with Crippen LogP contribution in [0.2, 0.25) is 0 Å². The second-order valence-electron chi connectivity index (χ2n) is 16.5. The zero-order valence-electron chi connectivity index (χ0n) is 33.0. The van der Waals surface area contributed by atoms with Gasteiger partial charge in [-0.1, -0.05) is 180 Å². The van der Waals surface area contributed by atoms with E-state index >= 15 is 0 Å². The van der Waals surface area contributed by atoms with E-state index in [1.54, 1.807) is 48.5 Å². The van der Waals surface area contributed by atoms with Crippen LogP contribution in [0.4, 0.5) is 0 Å². The fourth-order valence-corrected chi connectivity index (χ4v) is 4.43. The Morgan fingerprint density at radius 3 is 0.491 bits per heavy atom. The van der Waals surface area contributed by atoms with Crippen molar-refractivity contribution in [3.63, 3.8) is 0 Å². The number of carbonyl (C=O) groups excluding carboxylic acids is 4. The molecule has 0 aliphatic carbocycles. The van der Waals surface area contributed by atoms with E-state index in [0.29, 0.717) is 0 Å². The molecule has 0 saturated carbocycles. The summed E-state index contributed by atoms with van der Waals surface area (Å²) < 4.78 is 0. The third kappa shape index (κ3) is 17.2. The summed E-state index contributed by atoms with van der Waals surface area (Å²) in [5, 5.41) is 41.8. The third-order valence-corrected chi connectivity index (χ3v) is 7.95. The molecule has 8 nitrogen and oxygen atoms in total. The van der Waals surface area contributed by atoms with Crippen molar-refractivity contribution in [2.24, 2.45) is 0 Å². The van der Waals surface area contributed by atoms with Crippen LogP contribution < -0.4 is 20.4 Å². The summed E-state index contributed by atoms with van der Waals surface area (Å²) in [5.74, 6) is -4.50. The van der Waals surface area contributed by atoms with E-state index in [-0.39, 0.29) is 65.6 Å². The maximum Gasteiger partial charge on any atom is 4.00 e. The first-order valence-corrected chi connectivity index (χ1v) is 16.9. The molecule has 0 saturated heterocycles. The SMILES string of the molecule is CC(C)(C)c1ccc(C(=O)[O-])cc1.CC(C)(C)c1ccc(C(=O)[O-])cc1.CC(C)(C)c1ccc(C(=O)[O-])cc1.CC(C)(C)c1ccc(C(=O)[O-])cc1.[Ti+4]. The number of carbonyl (C=O) groups is 4. The minimum atomic E-state index is -1.12. The summed E-state index contributed by atoms with van der Waals surface area (Å²) in [4.78, 5) is 41.8. The topological polar surface area (TPSA) is 161 Å². The van der Waals surface area contributed by atoms with Crippen LogP contribution in [0.1, 0.15) is 147 Å². The van der Waals surface area contributed by atoms with Gasteiger partial charge in [-0.05, 0) is 66.2 Å². The van der Waals surface area contributed by atoms with Gasteiger partial charge in [0.1, 0.15) is 0 Å². The van der Waals surface area contributed by atoms with E-state index in [9.17, 15) is 39.6 Å². The van der Waals surface area contributed by atoms with Gasteiger partial charge in [-0.3, -0.25) is 0 Å². The van der Waals surface area contributed by atoms with Crippen molar-refractivity contribution in [2.45, 2.75) is 105 Å². The van der Waals surface area contributed by atoms with Gasteiger partial charge in [-0.15, -0.1) is 0 Å². The summed E-state index contributed by atoms with van der Waals surface area (Å²) in [5.41, 5.74) is 5.65. The second kappa shape index (κ2) is 20.1. The molecular weight excluding hydrogens is 704 g/mol. The Morgan fingerprint density at radius 2 is 0.415 bits per heavy atom. The van der Waals surface area contributed by atoms with E-state index in [4.69, 9.17) is 0 Å². The molecule has 4 aromatic rings. The van der Waals surface area contributed by atoms with Crippen LogP contribution in [0.15, 0.2) is 97.1 Å². The number of carboxylic acid groups (broad SMARTS) is 4. The number of rotatable bonds is 4. The molecule has 0 bridgehead atoms. The van der Waals surface area contributed by atoms with Crippen molar-refractivity contribution in [1.29, 1.82) is 0 Å². The summed E-state index contributed by atoms with van der Waals surface area (Å²) in [6, 6.07) is 27.2. The van der Waals surface area contributed by atoms with Gasteiger partial charge in [0.25, 0.3) is 0 Å². The van der Waals surface area contributed by atoms with Crippen LogP contribution in [-0.4, -0.2) is 23.9 Å². The number of aromatic carboxylic acids is 4. The Morgan fingerprint density at radius 1 is 0.302 bits per heavy atom. The Labute approximate surface area is 330 Å². The molecule has 0 amide bonds. The van der Waals surface area contributed by atoms with Crippen molar-refractivity contribution < 1.29 is 61.3 Å². The van der Waals surface area contributed by atoms with Gasteiger partial charge in [-0.2, -0.15) is 0 Å².